The molecule has 286 valence electrons. The second-order valence-electron chi connectivity index (χ2n) is 14.9. The van der Waals surface area contributed by atoms with E-state index in [0.717, 1.165) is 16.7 Å². The molecule has 1 spiro atoms. The van der Waals surface area contributed by atoms with Crippen LogP contribution in [0.3, 0.4) is 0 Å². The van der Waals surface area contributed by atoms with E-state index < -0.39 is 47.1 Å². The molecule has 0 radical (unpaired) electrons. The number of nitrogens with one attached hydrogen (secondary N) is 1. The van der Waals surface area contributed by atoms with Gasteiger partial charge in [-0.25, -0.2) is 4.79 Å². The normalized spacial score (nSPS) is 29.4. The van der Waals surface area contributed by atoms with Crippen molar-refractivity contribution in [2.24, 2.45) is 0 Å². The van der Waals surface area contributed by atoms with Crippen molar-refractivity contribution in [2.45, 2.75) is 74.8 Å². The van der Waals surface area contributed by atoms with E-state index in [-0.39, 0.29) is 42.4 Å². The van der Waals surface area contributed by atoms with Gasteiger partial charge < -0.3 is 43.7 Å². The van der Waals surface area contributed by atoms with E-state index >= 15 is 0 Å². The number of carbonyl (C=O) groups excluding carboxylic acids is 2. The third-order valence-electron chi connectivity index (χ3n) is 12.3. The number of rotatable bonds is 3. The largest absolute Gasteiger partial charge is 0.504 e. The van der Waals surface area contributed by atoms with Crippen LogP contribution in [0.15, 0.2) is 18.2 Å². The highest BCUT2D eigenvalue weighted by atomic mass is 32.2. The average molecular weight is 762 g/mol. The number of nitrogens with zero attached hydrogens (tertiary/aromatic N) is 2. The molecule has 0 aromatic heterocycles. The zero-order chi connectivity index (χ0) is 38.0. The molecule has 2 unspecified atom stereocenters. The number of hydrogen-bond acceptors (Lipinski definition) is 15. The Hall–Kier alpha value is -4.41. The molecular formula is C39H43N3O11S. The number of likely N-dealkylation sites (N-methyl/N-ethyl adjacent to an activating group) is 1. The molecule has 0 amide bonds. The second-order valence-corrected chi connectivity index (χ2v) is 16.1. The van der Waals surface area contributed by atoms with Crippen LogP contribution in [0, 0.1) is 13.8 Å². The molecule has 7 aliphatic rings. The summed E-state index contributed by atoms with van der Waals surface area (Å²) in [7, 11) is 4.96. The van der Waals surface area contributed by atoms with Crippen LogP contribution in [0.4, 0.5) is 0 Å². The summed E-state index contributed by atoms with van der Waals surface area (Å²) in [6.07, 6.45) is -0.0282. The van der Waals surface area contributed by atoms with Crippen molar-refractivity contribution in [1.29, 1.82) is 0 Å². The van der Waals surface area contributed by atoms with Crippen molar-refractivity contribution < 1.29 is 53.3 Å². The lowest BCUT2D eigenvalue weighted by Crippen LogP contribution is -2.70. The van der Waals surface area contributed by atoms with Crippen LogP contribution in [0.2, 0.25) is 0 Å². The first kappa shape index (κ1) is 35.3. The van der Waals surface area contributed by atoms with Crippen LogP contribution in [0.1, 0.15) is 68.8 Å². The van der Waals surface area contributed by atoms with E-state index in [9.17, 15) is 24.9 Å². The molecule has 3 aromatic carbocycles. The number of thioether (sulfide) groups is 1. The molecule has 0 saturated carbocycles. The zero-order valence-corrected chi connectivity index (χ0v) is 31.7. The maximum absolute atomic E-state index is 14.7. The van der Waals surface area contributed by atoms with Crippen molar-refractivity contribution in [3.63, 3.8) is 0 Å². The van der Waals surface area contributed by atoms with Crippen molar-refractivity contribution in [3.8, 4) is 40.2 Å². The molecule has 3 aromatic rings. The van der Waals surface area contributed by atoms with Gasteiger partial charge in [0.25, 0.3) is 0 Å². The molecule has 10 rings (SSSR count). The topological polar surface area (TPSA) is 169 Å². The molecule has 54 heavy (non-hydrogen) atoms. The van der Waals surface area contributed by atoms with Crippen molar-refractivity contribution in [1.82, 2.24) is 15.1 Å². The van der Waals surface area contributed by atoms with Crippen LogP contribution >= 0.6 is 11.8 Å². The molecule has 4 N–H and O–H groups in total. The molecular weight excluding hydrogens is 719 g/mol. The number of aryl methyl sites for hydroxylation is 1. The SMILES string of the molecule is COc1cc2c(cc1O)CCN[C@]21CS[C@@H]2c3c(OC(C)=O)c(C)c4c(c3[C@@H](COC1=O)N1C2C2c3c(cc(C)c(OC)c3O)C[C@H]([C@@H]1O)N2C)OCO4. The van der Waals surface area contributed by atoms with E-state index in [1.807, 2.05) is 31.9 Å². The molecule has 15 heteroatoms. The average Bonchev–Trinajstić information content (AvgIpc) is 3.63. The quantitative estimate of drug-likeness (QED) is 0.226. The number of benzene rings is 3. The number of phenols is 2. The van der Waals surface area contributed by atoms with Gasteiger partial charge >= 0.3 is 11.9 Å². The lowest BCUT2D eigenvalue weighted by molar-refractivity contribution is -0.186. The number of fused-ring (bicyclic) bond motifs is 9. The fraction of sp³-hybridized carbons (Fsp3) is 0.487. The molecule has 2 saturated heterocycles. The van der Waals surface area contributed by atoms with Crippen LogP contribution in [-0.2, 0) is 32.7 Å². The minimum Gasteiger partial charge on any atom is -0.504 e. The Kier molecular flexibility index (Phi) is 8.21. The first-order chi connectivity index (χ1) is 25.9. The van der Waals surface area contributed by atoms with Crippen LogP contribution in [0.5, 0.6) is 40.2 Å². The number of aliphatic hydroxyl groups excluding tert-OH is 1. The van der Waals surface area contributed by atoms with Gasteiger partial charge in [0.15, 0.2) is 40.0 Å². The highest BCUT2D eigenvalue weighted by Gasteiger charge is 2.61. The van der Waals surface area contributed by atoms with E-state index in [1.54, 1.807) is 12.1 Å². The first-order valence-corrected chi connectivity index (χ1v) is 19.1. The highest BCUT2D eigenvalue weighted by Crippen LogP contribution is 2.64. The summed E-state index contributed by atoms with van der Waals surface area (Å²) in [6.45, 7) is 5.26. The molecule has 7 heterocycles. The fourth-order valence-electron chi connectivity index (χ4n) is 10.00. The minimum atomic E-state index is -1.36. The number of piperazine rings is 1. The zero-order valence-electron chi connectivity index (χ0n) is 30.8. The predicted molar refractivity (Wildman–Crippen MR) is 195 cm³/mol. The van der Waals surface area contributed by atoms with Crippen LogP contribution in [-0.4, -0.2) is 102 Å². The Morgan fingerprint density at radius 3 is 2.54 bits per heavy atom. The lowest BCUT2D eigenvalue weighted by Gasteiger charge is -2.62. The first-order valence-electron chi connectivity index (χ1n) is 18.1. The van der Waals surface area contributed by atoms with Gasteiger partial charge in [-0.1, -0.05) is 6.07 Å². The summed E-state index contributed by atoms with van der Waals surface area (Å²) >= 11 is 1.47. The number of aromatic hydroxyl groups is 2. The van der Waals surface area contributed by atoms with Gasteiger partial charge in [-0.15, -0.1) is 11.8 Å². The van der Waals surface area contributed by atoms with E-state index in [1.165, 1.54) is 32.9 Å². The molecule has 14 nitrogen and oxygen atoms in total. The fourth-order valence-corrected chi connectivity index (χ4v) is 11.7. The van der Waals surface area contributed by atoms with E-state index in [4.69, 9.17) is 28.4 Å². The summed E-state index contributed by atoms with van der Waals surface area (Å²) in [5, 5.41) is 38.2. The predicted octanol–water partition coefficient (Wildman–Crippen LogP) is 3.41. The minimum absolute atomic E-state index is 0.0226. The number of hydrogen-bond donors (Lipinski definition) is 4. The molecule has 2 fully saturated rings. The smallest absolute Gasteiger partial charge is 0.331 e. The second kappa shape index (κ2) is 12.6. The monoisotopic (exact) mass is 761 g/mol. The molecule has 4 bridgehead atoms. The maximum Gasteiger partial charge on any atom is 0.331 e. The Morgan fingerprint density at radius 1 is 1.02 bits per heavy atom. The third kappa shape index (κ3) is 4.74. The Balaban J connectivity index is 1.32. The van der Waals surface area contributed by atoms with Crippen LogP contribution < -0.4 is 29.0 Å². The number of esters is 2. The summed E-state index contributed by atoms with van der Waals surface area (Å²) in [6, 6.07) is 3.13. The summed E-state index contributed by atoms with van der Waals surface area (Å²) in [5.41, 5.74) is 4.36. The van der Waals surface area contributed by atoms with Gasteiger partial charge in [0.1, 0.15) is 18.6 Å². The molecule has 7 atom stereocenters. The van der Waals surface area contributed by atoms with Gasteiger partial charge in [-0.05, 0) is 68.1 Å². The van der Waals surface area contributed by atoms with Gasteiger partial charge in [0.05, 0.1) is 37.6 Å². The van der Waals surface area contributed by atoms with Gasteiger partial charge in [-0.2, -0.15) is 0 Å². The number of phenolic OH excluding ortho intramolecular Hbond substituents is 2. The Morgan fingerprint density at radius 2 is 1.80 bits per heavy atom. The summed E-state index contributed by atoms with van der Waals surface area (Å²) in [4.78, 5) is 31.7. The van der Waals surface area contributed by atoms with E-state index in [0.29, 0.717) is 70.2 Å². The van der Waals surface area contributed by atoms with Crippen molar-refractivity contribution in [2.75, 3.05) is 47.0 Å². The summed E-state index contributed by atoms with van der Waals surface area (Å²) in [5.74, 6) is 0.949. The lowest BCUT2D eigenvalue weighted by atomic mass is 9.73. The number of aliphatic hydroxyl groups is 1. The maximum atomic E-state index is 14.7. The number of methoxy groups -OCH3 is 2. The number of carbonyl (C=O) groups is 2. The number of ether oxygens (including phenoxy) is 6. The van der Waals surface area contributed by atoms with Gasteiger partial charge in [-0.3, -0.25) is 19.9 Å². The summed E-state index contributed by atoms with van der Waals surface area (Å²) < 4.78 is 35.9. The Labute approximate surface area is 316 Å². The third-order valence-corrected chi connectivity index (χ3v) is 13.7. The highest BCUT2D eigenvalue weighted by molar-refractivity contribution is 7.99. The van der Waals surface area contributed by atoms with Crippen molar-refractivity contribution >= 4 is 23.7 Å². The van der Waals surface area contributed by atoms with E-state index in [2.05, 4.69) is 10.2 Å². The molecule has 7 aliphatic heterocycles. The standard InChI is InChI=1S/C39H43N3O11S/c1-16-9-20-10-22-37(46)42-23-13-50-38(47)39(21-12-25(48-5)24(44)11-19(21)7-8-40-39)14-54-36(30(42)29(41(22)4)26(20)31(45)32(16)49-6)28-27(23)35-34(51-15-52-35)17(2)33(28)53-18(3)43/h9,11-12,22-23,29-30,36-37,40,44-46H,7-8,10,13-15H2,1-6H3/t22-,23-,29?,30?,36-,37+,39-/m1/s1. The van der Waals surface area contributed by atoms with Crippen LogP contribution in [0.25, 0.3) is 0 Å². The molecule has 0 aliphatic carbocycles. The Bertz CT molecular complexity index is 2130. The van der Waals surface area contributed by atoms with Crippen molar-refractivity contribution in [3.05, 3.63) is 62.7 Å². The van der Waals surface area contributed by atoms with Gasteiger partial charge in [0, 0.05) is 47.5 Å². The van der Waals surface area contributed by atoms with Gasteiger partial charge in [0.2, 0.25) is 6.79 Å².